The van der Waals surface area contributed by atoms with E-state index in [-0.39, 0.29) is 5.91 Å². The van der Waals surface area contributed by atoms with E-state index in [1.807, 2.05) is 25.1 Å². The highest BCUT2D eigenvalue weighted by Crippen LogP contribution is 2.22. The van der Waals surface area contributed by atoms with Gasteiger partial charge in [0.15, 0.2) is 0 Å². The number of amides is 1. The van der Waals surface area contributed by atoms with Crippen molar-refractivity contribution in [3.63, 3.8) is 0 Å². The van der Waals surface area contributed by atoms with Crippen LogP contribution in [0.4, 0.5) is 11.4 Å². The number of likely N-dealkylation sites (tertiary alicyclic amines) is 1. The Morgan fingerprint density at radius 1 is 1.45 bits per heavy atom. The molecule has 1 aliphatic rings. The normalized spacial score (nSPS) is 22.9. The van der Waals surface area contributed by atoms with Gasteiger partial charge in [0.05, 0.1) is 0 Å². The SMILES string of the molecule is Cc1ccc(N)cc1NC(=O)CCN1CC(C)CC1C. The van der Waals surface area contributed by atoms with E-state index in [9.17, 15) is 4.79 Å². The second-order valence-corrected chi connectivity index (χ2v) is 6.06. The fraction of sp³-hybridized carbons (Fsp3) is 0.562. The summed E-state index contributed by atoms with van der Waals surface area (Å²) < 4.78 is 0. The second-order valence-electron chi connectivity index (χ2n) is 6.06. The van der Waals surface area contributed by atoms with Crippen molar-refractivity contribution in [1.82, 2.24) is 4.90 Å². The first kappa shape index (κ1) is 14.9. The summed E-state index contributed by atoms with van der Waals surface area (Å²) in [5.74, 6) is 0.801. The second kappa shape index (κ2) is 6.27. The lowest BCUT2D eigenvalue weighted by Crippen LogP contribution is -2.30. The molecule has 2 atom stereocenters. The first-order valence-corrected chi connectivity index (χ1v) is 7.35. The standard InChI is InChI=1S/C16H25N3O/c1-11-8-13(3)19(10-11)7-6-16(20)18-15-9-14(17)5-4-12(15)2/h4-5,9,11,13H,6-8,10,17H2,1-3H3,(H,18,20). The van der Waals surface area contributed by atoms with Crippen molar-refractivity contribution in [3.05, 3.63) is 23.8 Å². The molecule has 0 spiro atoms. The van der Waals surface area contributed by atoms with Gasteiger partial charge >= 0.3 is 0 Å². The Bertz CT molecular complexity index is 487. The minimum atomic E-state index is 0.0606. The lowest BCUT2D eigenvalue weighted by Gasteiger charge is -2.20. The zero-order valence-electron chi connectivity index (χ0n) is 12.6. The van der Waals surface area contributed by atoms with Crippen LogP contribution >= 0.6 is 0 Å². The van der Waals surface area contributed by atoms with E-state index in [0.717, 1.165) is 30.3 Å². The van der Waals surface area contributed by atoms with E-state index in [0.29, 0.717) is 18.2 Å². The third kappa shape index (κ3) is 3.73. The monoisotopic (exact) mass is 275 g/mol. The molecule has 110 valence electrons. The number of nitrogens with zero attached hydrogens (tertiary/aromatic N) is 1. The van der Waals surface area contributed by atoms with Crippen molar-refractivity contribution in [2.45, 2.75) is 39.7 Å². The summed E-state index contributed by atoms with van der Waals surface area (Å²) in [5.41, 5.74) is 8.28. The van der Waals surface area contributed by atoms with Crippen molar-refractivity contribution in [2.24, 2.45) is 5.92 Å². The first-order chi connectivity index (χ1) is 9.45. The van der Waals surface area contributed by atoms with E-state index >= 15 is 0 Å². The summed E-state index contributed by atoms with van der Waals surface area (Å²) in [6.45, 7) is 8.42. The number of hydrogen-bond donors (Lipinski definition) is 2. The van der Waals surface area contributed by atoms with Gasteiger partial charge in [-0.2, -0.15) is 0 Å². The number of carbonyl (C=O) groups is 1. The lowest BCUT2D eigenvalue weighted by atomic mass is 10.1. The van der Waals surface area contributed by atoms with Crippen molar-refractivity contribution in [1.29, 1.82) is 0 Å². The molecule has 0 saturated carbocycles. The van der Waals surface area contributed by atoms with Crippen LogP contribution in [0.15, 0.2) is 18.2 Å². The molecule has 0 aliphatic carbocycles. The average molecular weight is 275 g/mol. The molecule has 4 heteroatoms. The predicted molar refractivity (Wildman–Crippen MR) is 83.7 cm³/mol. The highest BCUT2D eigenvalue weighted by Gasteiger charge is 2.25. The van der Waals surface area contributed by atoms with Gasteiger partial charge < -0.3 is 11.1 Å². The van der Waals surface area contributed by atoms with Crippen LogP contribution in [0.2, 0.25) is 0 Å². The highest BCUT2D eigenvalue weighted by molar-refractivity contribution is 5.92. The number of carbonyl (C=O) groups excluding carboxylic acids is 1. The first-order valence-electron chi connectivity index (χ1n) is 7.35. The Morgan fingerprint density at radius 3 is 2.85 bits per heavy atom. The fourth-order valence-corrected chi connectivity index (χ4v) is 2.93. The van der Waals surface area contributed by atoms with Gasteiger partial charge in [-0.1, -0.05) is 13.0 Å². The molecule has 1 heterocycles. The van der Waals surface area contributed by atoms with Crippen LogP contribution in [-0.2, 0) is 4.79 Å². The molecule has 0 aromatic heterocycles. The van der Waals surface area contributed by atoms with Gasteiger partial charge in [-0.3, -0.25) is 9.69 Å². The van der Waals surface area contributed by atoms with Crippen LogP contribution in [0.5, 0.6) is 0 Å². The number of anilines is 2. The summed E-state index contributed by atoms with van der Waals surface area (Å²) in [6.07, 6.45) is 1.77. The number of nitrogens with one attached hydrogen (secondary N) is 1. The van der Waals surface area contributed by atoms with E-state index in [1.165, 1.54) is 6.42 Å². The van der Waals surface area contributed by atoms with Gasteiger partial charge in [-0.15, -0.1) is 0 Å². The quantitative estimate of drug-likeness (QED) is 0.831. The van der Waals surface area contributed by atoms with E-state index < -0.39 is 0 Å². The summed E-state index contributed by atoms with van der Waals surface area (Å²) in [5, 5.41) is 2.96. The topological polar surface area (TPSA) is 58.4 Å². The summed E-state index contributed by atoms with van der Waals surface area (Å²) in [7, 11) is 0. The Morgan fingerprint density at radius 2 is 2.20 bits per heavy atom. The summed E-state index contributed by atoms with van der Waals surface area (Å²) in [6, 6.07) is 6.17. The van der Waals surface area contributed by atoms with Gasteiger partial charge in [0.2, 0.25) is 5.91 Å². The number of nitrogen functional groups attached to an aromatic ring is 1. The van der Waals surface area contributed by atoms with Gasteiger partial charge in [-0.05, 0) is 43.9 Å². The number of rotatable bonds is 4. The van der Waals surface area contributed by atoms with E-state index in [1.54, 1.807) is 0 Å². The number of hydrogen-bond acceptors (Lipinski definition) is 3. The third-order valence-electron chi connectivity index (χ3n) is 4.07. The van der Waals surface area contributed by atoms with Crippen molar-refractivity contribution < 1.29 is 4.79 Å². The maximum atomic E-state index is 12.0. The zero-order chi connectivity index (χ0) is 14.7. The molecule has 2 rings (SSSR count). The van der Waals surface area contributed by atoms with Crippen LogP contribution in [0, 0.1) is 12.8 Å². The molecule has 0 radical (unpaired) electrons. The van der Waals surface area contributed by atoms with Gasteiger partial charge in [0, 0.05) is 36.9 Å². The predicted octanol–water partition coefficient (Wildman–Crippen LogP) is 2.64. The minimum Gasteiger partial charge on any atom is -0.399 e. The van der Waals surface area contributed by atoms with Gasteiger partial charge in [0.25, 0.3) is 0 Å². The Hall–Kier alpha value is -1.55. The summed E-state index contributed by atoms with van der Waals surface area (Å²) >= 11 is 0. The van der Waals surface area contributed by atoms with Crippen LogP contribution in [0.3, 0.4) is 0 Å². The van der Waals surface area contributed by atoms with Crippen LogP contribution in [0.25, 0.3) is 0 Å². The van der Waals surface area contributed by atoms with Crippen molar-refractivity contribution in [3.8, 4) is 0 Å². The van der Waals surface area contributed by atoms with Gasteiger partial charge in [0.1, 0.15) is 0 Å². The molecule has 1 aromatic rings. The Kier molecular flexibility index (Phi) is 4.65. The van der Waals surface area contributed by atoms with Gasteiger partial charge in [-0.25, -0.2) is 0 Å². The highest BCUT2D eigenvalue weighted by atomic mass is 16.1. The molecular formula is C16H25N3O. The Labute approximate surface area is 121 Å². The molecule has 1 fully saturated rings. The molecule has 1 aliphatic heterocycles. The molecule has 0 bridgehead atoms. The fourth-order valence-electron chi connectivity index (χ4n) is 2.93. The third-order valence-corrected chi connectivity index (χ3v) is 4.07. The maximum absolute atomic E-state index is 12.0. The lowest BCUT2D eigenvalue weighted by molar-refractivity contribution is -0.116. The molecule has 20 heavy (non-hydrogen) atoms. The molecule has 2 unspecified atom stereocenters. The summed E-state index contributed by atoms with van der Waals surface area (Å²) in [4.78, 5) is 14.4. The molecule has 1 aromatic carbocycles. The minimum absolute atomic E-state index is 0.0606. The average Bonchev–Trinajstić information content (AvgIpc) is 2.70. The molecule has 3 N–H and O–H groups in total. The van der Waals surface area contributed by atoms with Crippen LogP contribution < -0.4 is 11.1 Å². The van der Waals surface area contributed by atoms with Crippen LogP contribution in [0.1, 0.15) is 32.3 Å². The molecule has 4 nitrogen and oxygen atoms in total. The number of benzene rings is 1. The molecular weight excluding hydrogens is 250 g/mol. The van der Waals surface area contributed by atoms with E-state index in [2.05, 4.69) is 24.1 Å². The van der Waals surface area contributed by atoms with Crippen molar-refractivity contribution >= 4 is 17.3 Å². The number of aryl methyl sites for hydroxylation is 1. The maximum Gasteiger partial charge on any atom is 0.225 e. The molecule has 1 saturated heterocycles. The van der Waals surface area contributed by atoms with Crippen molar-refractivity contribution in [2.75, 3.05) is 24.1 Å². The Balaban J connectivity index is 1.85. The van der Waals surface area contributed by atoms with E-state index in [4.69, 9.17) is 5.73 Å². The van der Waals surface area contributed by atoms with Crippen LogP contribution in [-0.4, -0.2) is 29.9 Å². The zero-order valence-corrected chi connectivity index (χ0v) is 12.6. The molecule has 1 amide bonds. The largest absolute Gasteiger partial charge is 0.399 e. The smallest absolute Gasteiger partial charge is 0.225 e. The number of nitrogens with two attached hydrogens (primary N) is 1.